The first-order valence-electron chi connectivity index (χ1n) is 11.0. The molecule has 4 aromatic carbocycles. The Bertz CT molecular complexity index is 1420. The van der Waals surface area contributed by atoms with Crippen LogP contribution < -0.4 is 10.1 Å². The molecule has 0 heterocycles. The number of hydrogen-bond acceptors (Lipinski definition) is 4. The van der Waals surface area contributed by atoms with E-state index in [0.29, 0.717) is 0 Å². The van der Waals surface area contributed by atoms with Crippen LogP contribution in [-0.4, -0.2) is 23.8 Å². The minimum absolute atomic E-state index is 0.0104. The van der Waals surface area contributed by atoms with E-state index in [1.807, 2.05) is 48.5 Å². The Morgan fingerprint density at radius 3 is 2.08 bits per heavy atom. The zero-order valence-corrected chi connectivity index (χ0v) is 18.7. The van der Waals surface area contributed by atoms with Gasteiger partial charge in [0.15, 0.2) is 11.6 Å². The van der Waals surface area contributed by atoms with E-state index in [4.69, 9.17) is 9.47 Å². The Morgan fingerprint density at radius 2 is 1.47 bits per heavy atom. The number of halogens is 2. The molecule has 0 aromatic heterocycles. The van der Waals surface area contributed by atoms with Crippen molar-refractivity contribution in [1.82, 2.24) is 0 Å². The van der Waals surface area contributed by atoms with Gasteiger partial charge >= 0.3 is 12.1 Å². The number of amides is 1. The number of rotatable bonds is 6. The second kappa shape index (κ2) is 9.50. The van der Waals surface area contributed by atoms with E-state index >= 15 is 0 Å². The predicted molar refractivity (Wildman–Crippen MR) is 129 cm³/mol. The highest BCUT2D eigenvalue weighted by Gasteiger charge is 2.29. The fourth-order valence-corrected chi connectivity index (χ4v) is 4.29. The number of carbonyl (C=O) groups is 2. The number of carboxylic acid groups (broad SMARTS) is 1. The van der Waals surface area contributed by atoms with Crippen LogP contribution in [-0.2, 0) is 4.74 Å². The topological polar surface area (TPSA) is 84.9 Å². The molecule has 0 saturated heterocycles. The summed E-state index contributed by atoms with van der Waals surface area (Å²) in [4.78, 5) is 24.4. The fraction of sp³-hybridized carbons (Fsp3) is 0.0714. The molecule has 2 N–H and O–H groups in total. The highest BCUT2D eigenvalue weighted by atomic mass is 19.1. The Balaban J connectivity index is 1.32. The van der Waals surface area contributed by atoms with Crippen molar-refractivity contribution in [3.05, 3.63) is 113 Å². The second-order valence-electron chi connectivity index (χ2n) is 8.14. The number of aromatic carboxylic acids is 1. The van der Waals surface area contributed by atoms with Crippen molar-refractivity contribution in [1.29, 1.82) is 0 Å². The SMILES string of the molecule is O=C(Nc1cc(F)c(Oc2ccc(F)cc2)cc1C(=O)O)OCC1c2ccccc2-c2ccccc21. The lowest BCUT2D eigenvalue weighted by atomic mass is 9.98. The third kappa shape index (κ3) is 4.48. The lowest BCUT2D eigenvalue weighted by Gasteiger charge is -2.16. The first kappa shape index (κ1) is 23.0. The van der Waals surface area contributed by atoms with Gasteiger partial charge in [0.05, 0.1) is 11.3 Å². The third-order valence-corrected chi connectivity index (χ3v) is 5.92. The van der Waals surface area contributed by atoms with E-state index in [9.17, 15) is 23.5 Å². The van der Waals surface area contributed by atoms with E-state index in [0.717, 1.165) is 46.5 Å². The molecule has 180 valence electrons. The normalized spacial score (nSPS) is 11.9. The summed E-state index contributed by atoms with van der Waals surface area (Å²) < 4.78 is 38.6. The quantitative estimate of drug-likeness (QED) is 0.312. The molecule has 0 fully saturated rings. The van der Waals surface area contributed by atoms with Gasteiger partial charge < -0.3 is 14.6 Å². The molecule has 5 rings (SSSR count). The highest BCUT2D eigenvalue weighted by molar-refractivity contribution is 5.99. The Labute approximate surface area is 204 Å². The van der Waals surface area contributed by atoms with Gasteiger partial charge in [-0.2, -0.15) is 0 Å². The molecule has 0 radical (unpaired) electrons. The number of ether oxygens (including phenoxy) is 2. The molecule has 1 aliphatic rings. The first-order valence-corrected chi connectivity index (χ1v) is 11.0. The molecule has 36 heavy (non-hydrogen) atoms. The van der Waals surface area contributed by atoms with Crippen molar-refractivity contribution in [2.45, 2.75) is 5.92 Å². The van der Waals surface area contributed by atoms with E-state index < -0.39 is 35.0 Å². The maximum atomic E-state index is 14.7. The number of anilines is 1. The van der Waals surface area contributed by atoms with Crippen molar-refractivity contribution < 1.29 is 33.0 Å². The van der Waals surface area contributed by atoms with Crippen molar-refractivity contribution in [3.8, 4) is 22.6 Å². The molecule has 0 bridgehead atoms. The maximum Gasteiger partial charge on any atom is 0.411 e. The number of hydrogen-bond donors (Lipinski definition) is 2. The molecule has 0 spiro atoms. The second-order valence-corrected chi connectivity index (χ2v) is 8.14. The molecule has 0 saturated carbocycles. The highest BCUT2D eigenvalue weighted by Crippen LogP contribution is 2.44. The molecule has 8 heteroatoms. The van der Waals surface area contributed by atoms with E-state index in [1.165, 1.54) is 12.1 Å². The lowest BCUT2D eigenvalue weighted by molar-refractivity contribution is 0.0697. The minimum atomic E-state index is -1.41. The summed E-state index contributed by atoms with van der Waals surface area (Å²) in [5, 5.41) is 11.9. The van der Waals surface area contributed by atoms with Gasteiger partial charge in [-0.05, 0) is 46.5 Å². The van der Waals surface area contributed by atoms with Crippen LogP contribution >= 0.6 is 0 Å². The number of carboxylic acids is 1. The van der Waals surface area contributed by atoms with Crippen LogP contribution in [0.3, 0.4) is 0 Å². The molecular formula is C28H19F2NO5. The first-order chi connectivity index (χ1) is 17.4. The average molecular weight is 487 g/mol. The summed E-state index contributed by atoms with van der Waals surface area (Å²) in [6.45, 7) is 0.0104. The van der Waals surface area contributed by atoms with Crippen molar-refractivity contribution in [2.75, 3.05) is 11.9 Å². The monoisotopic (exact) mass is 487 g/mol. The van der Waals surface area contributed by atoms with Crippen molar-refractivity contribution in [2.24, 2.45) is 0 Å². The number of carbonyl (C=O) groups excluding carboxylic acids is 1. The van der Waals surface area contributed by atoms with Gasteiger partial charge in [0.2, 0.25) is 0 Å². The smallest absolute Gasteiger partial charge is 0.411 e. The summed E-state index contributed by atoms with van der Waals surface area (Å²) >= 11 is 0. The van der Waals surface area contributed by atoms with E-state index in [1.54, 1.807) is 0 Å². The fourth-order valence-electron chi connectivity index (χ4n) is 4.29. The van der Waals surface area contributed by atoms with Crippen LogP contribution in [0.2, 0.25) is 0 Å². The Morgan fingerprint density at radius 1 is 0.861 bits per heavy atom. The maximum absolute atomic E-state index is 14.7. The number of nitrogens with one attached hydrogen (secondary N) is 1. The van der Waals surface area contributed by atoms with Gasteiger partial charge in [-0.15, -0.1) is 0 Å². The summed E-state index contributed by atoms with van der Waals surface area (Å²) in [7, 11) is 0. The zero-order valence-electron chi connectivity index (χ0n) is 18.7. The number of fused-ring (bicyclic) bond motifs is 3. The van der Waals surface area contributed by atoms with Gasteiger partial charge in [-0.3, -0.25) is 5.32 Å². The largest absolute Gasteiger partial charge is 0.478 e. The van der Waals surface area contributed by atoms with Crippen LogP contribution in [0.4, 0.5) is 19.3 Å². The standard InChI is InChI=1S/C28H19F2NO5/c29-16-9-11-17(12-10-16)36-26-13-22(27(32)33)25(14-24(26)30)31-28(34)35-15-23-20-7-3-1-5-18(20)19-6-2-4-8-21(19)23/h1-14,23H,15H2,(H,31,34)(H,32,33). The summed E-state index contributed by atoms with van der Waals surface area (Å²) in [6.07, 6.45) is -0.925. The van der Waals surface area contributed by atoms with Crippen LogP contribution in [0.15, 0.2) is 84.9 Å². The van der Waals surface area contributed by atoms with Gasteiger partial charge in [-0.25, -0.2) is 18.4 Å². The molecule has 0 aliphatic heterocycles. The minimum Gasteiger partial charge on any atom is -0.478 e. The van der Waals surface area contributed by atoms with E-state index in [-0.39, 0.29) is 24.0 Å². The molecule has 0 atom stereocenters. The molecule has 4 aromatic rings. The third-order valence-electron chi connectivity index (χ3n) is 5.92. The Kier molecular flexibility index (Phi) is 6.08. The summed E-state index contributed by atoms with van der Waals surface area (Å²) in [6, 6.07) is 22.2. The van der Waals surface area contributed by atoms with Gasteiger partial charge in [-0.1, -0.05) is 48.5 Å². The van der Waals surface area contributed by atoms with E-state index in [2.05, 4.69) is 5.32 Å². The summed E-state index contributed by atoms with van der Waals surface area (Å²) in [5.74, 6) is -3.30. The number of benzene rings is 4. The Hall–Kier alpha value is -4.72. The molecule has 1 amide bonds. The van der Waals surface area contributed by atoms with Gasteiger partial charge in [0.1, 0.15) is 18.2 Å². The molecule has 6 nitrogen and oxygen atoms in total. The van der Waals surface area contributed by atoms with Gasteiger partial charge in [0.25, 0.3) is 0 Å². The van der Waals surface area contributed by atoms with Crippen molar-refractivity contribution >= 4 is 17.7 Å². The average Bonchev–Trinajstić information content (AvgIpc) is 3.19. The molecular weight excluding hydrogens is 468 g/mol. The van der Waals surface area contributed by atoms with Crippen LogP contribution in [0.5, 0.6) is 11.5 Å². The van der Waals surface area contributed by atoms with Crippen LogP contribution in [0, 0.1) is 11.6 Å². The molecule has 0 unspecified atom stereocenters. The van der Waals surface area contributed by atoms with Crippen LogP contribution in [0.25, 0.3) is 11.1 Å². The van der Waals surface area contributed by atoms with Crippen LogP contribution in [0.1, 0.15) is 27.4 Å². The summed E-state index contributed by atoms with van der Waals surface area (Å²) in [5.41, 5.74) is 3.48. The molecule has 1 aliphatic carbocycles. The van der Waals surface area contributed by atoms with Crippen molar-refractivity contribution in [3.63, 3.8) is 0 Å². The lowest BCUT2D eigenvalue weighted by Crippen LogP contribution is -2.19. The zero-order chi connectivity index (χ0) is 25.2. The predicted octanol–water partition coefficient (Wildman–Crippen LogP) is 6.82. The van der Waals surface area contributed by atoms with Gasteiger partial charge in [0, 0.05) is 18.1 Å².